The number of hydrogen-bond acceptors (Lipinski definition) is 5. The van der Waals surface area contributed by atoms with Gasteiger partial charge in [-0.15, -0.1) is 13.2 Å². The topological polar surface area (TPSA) is 90.3 Å². The first-order valence-corrected chi connectivity index (χ1v) is 5.67. The van der Waals surface area contributed by atoms with Crippen LogP contribution in [0.2, 0.25) is 0 Å². The van der Waals surface area contributed by atoms with Gasteiger partial charge < -0.3 is 24.9 Å². The number of rotatable bonds is 4. The molecule has 5 nitrogen and oxygen atoms in total. The lowest BCUT2D eigenvalue weighted by Gasteiger charge is -1.79. The van der Waals surface area contributed by atoms with Gasteiger partial charge in [0, 0.05) is 26.2 Å². The molecule has 3 N–H and O–H groups in total. The Morgan fingerprint density at radius 1 is 1.06 bits per heavy atom. The SMILES string of the molecule is C1CO1.C=C.CC.O=CCCO.OCCCO. The molecule has 0 saturated carbocycles. The lowest BCUT2D eigenvalue weighted by molar-refractivity contribution is -0.108. The summed E-state index contributed by atoms with van der Waals surface area (Å²) in [7, 11) is 0. The molecule has 0 amide bonds. The van der Waals surface area contributed by atoms with E-state index in [4.69, 9.17) is 15.3 Å². The molecule has 1 aliphatic rings. The third-order valence-corrected chi connectivity index (χ3v) is 0.767. The predicted molar refractivity (Wildman–Crippen MR) is 70.0 cm³/mol. The largest absolute Gasteiger partial charge is 0.396 e. The maximum Gasteiger partial charge on any atom is 0.122 e. The molecule has 0 unspecified atom stereocenters. The summed E-state index contributed by atoms with van der Waals surface area (Å²) < 4.78 is 4.50. The van der Waals surface area contributed by atoms with Crippen LogP contribution in [0.3, 0.4) is 0 Å². The average Bonchev–Trinajstić information content (AvgIpc) is 3.25. The van der Waals surface area contributed by atoms with E-state index in [9.17, 15) is 4.79 Å². The molecule has 0 aromatic rings. The minimum absolute atomic E-state index is 0.0243. The van der Waals surface area contributed by atoms with Gasteiger partial charge in [0.25, 0.3) is 0 Å². The zero-order chi connectivity index (χ0) is 14.4. The Hall–Kier alpha value is -0.750. The number of ether oxygens (including phenoxy) is 1. The quantitative estimate of drug-likeness (QED) is 0.391. The van der Waals surface area contributed by atoms with Crippen LogP contribution in [0.5, 0.6) is 0 Å². The number of carbonyl (C=O) groups excluding carboxylic acids is 1. The van der Waals surface area contributed by atoms with E-state index in [0.29, 0.717) is 12.7 Å². The lowest BCUT2D eigenvalue weighted by Crippen LogP contribution is -1.85. The van der Waals surface area contributed by atoms with Crippen LogP contribution in [0, 0.1) is 0 Å². The first-order valence-electron chi connectivity index (χ1n) is 5.67. The summed E-state index contributed by atoms with van der Waals surface area (Å²) in [5, 5.41) is 23.6. The van der Waals surface area contributed by atoms with Crippen LogP contribution in [0.15, 0.2) is 13.2 Å². The number of aliphatic hydroxyl groups excluding tert-OH is 3. The highest BCUT2D eigenvalue weighted by Gasteiger charge is 1.94. The molecule has 106 valence electrons. The zero-order valence-corrected chi connectivity index (χ0v) is 11.1. The van der Waals surface area contributed by atoms with E-state index in [1.54, 1.807) is 0 Å². The third kappa shape index (κ3) is 148. The summed E-state index contributed by atoms with van der Waals surface area (Å²) >= 11 is 0. The van der Waals surface area contributed by atoms with Crippen LogP contribution in [-0.2, 0) is 9.53 Å². The highest BCUT2D eigenvalue weighted by molar-refractivity contribution is 5.49. The van der Waals surface area contributed by atoms with Gasteiger partial charge in [-0.3, -0.25) is 0 Å². The van der Waals surface area contributed by atoms with Gasteiger partial charge in [0.2, 0.25) is 0 Å². The monoisotopic (exact) mass is 252 g/mol. The molecule has 1 fully saturated rings. The molecular weight excluding hydrogens is 224 g/mol. The van der Waals surface area contributed by atoms with Gasteiger partial charge in [-0.2, -0.15) is 0 Å². The summed E-state index contributed by atoms with van der Waals surface area (Å²) in [4.78, 5) is 9.24. The second-order valence-corrected chi connectivity index (χ2v) is 2.09. The molecule has 1 heterocycles. The van der Waals surface area contributed by atoms with Crippen molar-refractivity contribution in [3.8, 4) is 0 Å². The number of epoxide rings is 1. The first kappa shape index (κ1) is 25.2. The highest BCUT2D eigenvalue weighted by atomic mass is 16.6. The van der Waals surface area contributed by atoms with Crippen LogP contribution >= 0.6 is 0 Å². The van der Waals surface area contributed by atoms with E-state index in [2.05, 4.69) is 17.9 Å². The molecule has 5 heteroatoms. The van der Waals surface area contributed by atoms with Crippen LogP contribution in [0.4, 0.5) is 0 Å². The fourth-order valence-electron chi connectivity index (χ4n) is 0.123. The Morgan fingerprint density at radius 2 is 1.41 bits per heavy atom. The Morgan fingerprint density at radius 3 is 1.41 bits per heavy atom. The minimum atomic E-state index is -0.0243. The van der Waals surface area contributed by atoms with Gasteiger partial charge in [-0.25, -0.2) is 0 Å². The second-order valence-electron chi connectivity index (χ2n) is 2.09. The molecule has 0 aliphatic carbocycles. The second kappa shape index (κ2) is 45.5. The van der Waals surface area contributed by atoms with E-state index in [1.807, 2.05) is 13.8 Å². The minimum Gasteiger partial charge on any atom is -0.396 e. The normalized spacial score (nSPS) is 9.47. The number of aliphatic hydroxyl groups is 3. The van der Waals surface area contributed by atoms with Crippen molar-refractivity contribution in [1.29, 1.82) is 0 Å². The van der Waals surface area contributed by atoms with E-state index in [0.717, 1.165) is 13.2 Å². The van der Waals surface area contributed by atoms with Crippen molar-refractivity contribution in [3.63, 3.8) is 0 Å². The molecule has 1 saturated heterocycles. The predicted octanol–water partition coefficient (Wildman–Crippen LogP) is 0.774. The Balaban J connectivity index is -0.0000000659. The molecular formula is C12H28O5. The fraction of sp³-hybridized carbons (Fsp3) is 0.750. The van der Waals surface area contributed by atoms with Crippen molar-refractivity contribution in [2.24, 2.45) is 0 Å². The smallest absolute Gasteiger partial charge is 0.122 e. The summed E-state index contributed by atoms with van der Waals surface area (Å²) in [5.41, 5.74) is 0. The van der Waals surface area contributed by atoms with Crippen molar-refractivity contribution in [2.45, 2.75) is 26.7 Å². The summed E-state index contributed by atoms with van der Waals surface area (Å²) in [6, 6.07) is 0. The molecule has 0 aromatic heterocycles. The zero-order valence-electron chi connectivity index (χ0n) is 11.1. The summed E-state index contributed by atoms with van der Waals surface area (Å²) in [6.45, 7) is 12.2. The van der Waals surface area contributed by atoms with Crippen molar-refractivity contribution in [2.75, 3.05) is 33.0 Å². The molecule has 0 radical (unpaired) electrons. The Labute approximate surface area is 105 Å². The van der Waals surface area contributed by atoms with Crippen molar-refractivity contribution >= 4 is 6.29 Å². The van der Waals surface area contributed by atoms with E-state index in [1.165, 1.54) is 0 Å². The fourth-order valence-corrected chi connectivity index (χ4v) is 0.123. The van der Waals surface area contributed by atoms with E-state index in [-0.39, 0.29) is 26.2 Å². The first-order chi connectivity index (χ1) is 8.33. The van der Waals surface area contributed by atoms with Crippen molar-refractivity contribution in [1.82, 2.24) is 0 Å². The average molecular weight is 252 g/mol. The van der Waals surface area contributed by atoms with Crippen molar-refractivity contribution < 1.29 is 24.9 Å². The van der Waals surface area contributed by atoms with Gasteiger partial charge in [-0.1, -0.05) is 13.8 Å². The van der Waals surface area contributed by atoms with Crippen LogP contribution in [-0.4, -0.2) is 54.6 Å². The van der Waals surface area contributed by atoms with Crippen molar-refractivity contribution in [3.05, 3.63) is 13.2 Å². The summed E-state index contributed by atoms with van der Waals surface area (Å²) in [6.07, 6.45) is 1.44. The van der Waals surface area contributed by atoms with Gasteiger partial charge in [-0.05, 0) is 6.42 Å². The third-order valence-electron chi connectivity index (χ3n) is 0.767. The van der Waals surface area contributed by atoms with Crippen LogP contribution in [0.1, 0.15) is 26.7 Å². The van der Waals surface area contributed by atoms with E-state index < -0.39 is 0 Å². The van der Waals surface area contributed by atoms with Crippen LogP contribution < -0.4 is 0 Å². The van der Waals surface area contributed by atoms with Gasteiger partial charge >= 0.3 is 0 Å². The standard InChI is InChI=1S/C3H8O2.C3H6O2.C2H4O.C2H6.C2H4/c2*4-2-1-3-5;1-2-3-1;2*1-2/h4-5H,1-3H2;2,5H,1,3H2;1-2H2;1-2H3;1-2H2. The maximum atomic E-state index is 9.24. The lowest BCUT2D eigenvalue weighted by atomic mass is 10.5. The molecule has 1 aliphatic heterocycles. The molecule has 1 rings (SSSR count). The van der Waals surface area contributed by atoms with Gasteiger partial charge in [0.1, 0.15) is 6.29 Å². The molecule has 0 spiro atoms. The summed E-state index contributed by atoms with van der Waals surface area (Å²) in [5.74, 6) is 0. The van der Waals surface area contributed by atoms with Gasteiger partial charge in [0.15, 0.2) is 0 Å². The van der Waals surface area contributed by atoms with Gasteiger partial charge in [0.05, 0.1) is 13.2 Å². The molecule has 17 heavy (non-hydrogen) atoms. The maximum absolute atomic E-state index is 9.24. The van der Waals surface area contributed by atoms with E-state index >= 15 is 0 Å². The molecule has 0 aromatic carbocycles. The number of hydrogen-bond donors (Lipinski definition) is 3. The molecule has 0 atom stereocenters. The Bertz CT molecular complexity index is 92.1. The highest BCUT2D eigenvalue weighted by Crippen LogP contribution is 1.84. The number of carbonyl (C=O) groups is 1. The number of aldehydes is 1. The molecule has 0 bridgehead atoms. The van der Waals surface area contributed by atoms with Crippen LogP contribution in [0.25, 0.3) is 0 Å². The Kier molecular flexibility index (Phi) is 67.4.